The lowest BCUT2D eigenvalue weighted by atomic mass is 9.98. The maximum Gasteiger partial charge on any atom is 0.434 e. The number of carbonyl (C=O) groups excluding carboxylic acids is 2. The Morgan fingerprint density at radius 1 is 1.08 bits per heavy atom. The number of carbonyl (C=O) groups is 2. The fourth-order valence-electron chi connectivity index (χ4n) is 6.12. The smallest absolute Gasteiger partial charge is 0.341 e. The first kappa shape index (κ1) is 36.4. The Kier molecular flexibility index (Phi) is 9.94. The van der Waals surface area contributed by atoms with Crippen molar-refractivity contribution in [3.8, 4) is 21.7 Å². The van der Waals surface area contributed by atoms with Gasteiger partial charge in [0.15, 0.2) is 5.69 Å². The Balaban J connectivity index is 1.43. The van der Waals surface area contributed by atoms with Gasteiger partial charge >= 0.3 is 12.2 Å². The zero-order valence-electron chi connectivity index (χ0n) is 28.2. The molecule has 0 spiro atoms. The zero-order chi connectivity index (χ0) is 36.8. The van der Waals surface area contributed by atoms with Gasteiger partial charge in [-0.05, 0) is 37.7 Å². The Hall–Kier alpha value is -4.43. The standard InChI is InChI=1S/C32H36F3N9O5S2/c1-5-36-31(47)39-27-13-21(29-38-26(18-50-29)32(33,34)35)23(14-37-27)19-6-7-25-22(12-19)28(45)24(17-44(25)20-15-41(4)16-20)30(46)42-8-10-43(11-9-42)51(48,49)40(2)3/h6-7,12-14,17-18,20H,5,8-11,15-16H2,1-4H3,(H2,36,37,39,47). The lowest BCUT2D eigenvalue weighted by molar-refractivity contribution is -0.140. The Bertz CT molecular complexity index is 2160. The van der Waals surface area contributed by atoms with Crippen LogP contribution in [0.25, 0.3) is 32.6 Å². The van der Waals surface area contributed by atoms with Gasteiger partial charge in [0.05, 0.1) is 11.6 Å². The predicted molar refractivity (Wildman–Crippen MR) is 187 cm³/mol. The first-order valence-electron chi connectivity index (χ1n) is 16.0. The Morgan fingerprint density at radius 2 is 1.78 bits per heavy atom. The lowest BCUT2D eigenvalue weighted by Crippen LogP contribution is -2.53. The molecule has 0 aliphatic carbocycles. The number of thiazole rings is 1. The van der Waals surface area contributed by atoms with Crippen molar-refractivity contribution in [2.45, 2.75) is 19.1 Å². The number of urea groups is 1. The topological polar surface area (TPSA) is 153 Å². The van der Waals surface area contributed by atoms with Crippen LogP contribution in [0.15, 0.2) is 46.8 Å². The van der Waals surface area contributed by atoms with E-state index in [1.807, 2.05) is 11.6 Å². The molecule has 51 heavy (non-hydrogen) atoms. The van der Waals surface area contributed by atoms with Gasteiger partial charge in [-0.25, -0.2) is 14.8 Å². The van der Waals surface area contributed by atoms with E-state index in [2.05, 4.69) is 25.5 Å². The fraction of sp³-hybridized carbons (Fsp3) is 0.406. The molecule has 3 aromatic heterocycles. The molecule has 0 radical (unpaired) electrons. The number of pyridine rings is 2. The molecular weight excluding hydrogens is 712 g/mol. The molecule has 2 aliphatic heterocycles. The molecule has 2 fully saturated rings. The van der Waals surface area contributed by atoms with Gasteiger partial charge < -0.3 is 19.7 Å². The highest BCUT2D eigenvalue weighted by Gasteiger charge is 2.35. The van der Waals surface area contributed by atoms with E-state index >= 15 is 0 Å². The molecule has 272 valence electrons. The van der Waals surface area contributed by atoms with Crippen molar-refractivity contribution < 1.29 is 31.2 Å². The van der Waals surface area contributed by atoms with Gasteiger partial charge in [-0.1, -0.05) is 6.07 Å². The molecule has 2 aliphatic rings. The van der Waals surface area contributed by atoms with Crippen LogP contribution in [-0.2, 0) is 16.4 Å². The number of likely N-dealkylation sites (N-methyl/N-ethyl adjacent to an activating group) is 1. The fourth-order valence-corrected chi connectivity index (χ4v) is 8.07. The van der Waals surface area contributed by atoms with Gasteiger partial charge in [0, 0.05) is 94.2 Å². The van der Waals surface area contributed by atoms with E-state index < -0.39 is 39.4 Å². The molecule has 6 rings (SSSR count). The minimum Gasteiger partial charge on any atom is -0.341 e. The second kappa shape index (κ2) is 13.9. The number of halogens is 3. The van der Waals surface area contributed by atoms with Crippen LogP contribution >= 0.6 is 11.3 Å². The quantitative estimate of drug-likeness (QED) is 0.278. The molecule has 3 amide bonds. The number of hydrogen-bond acceptors (Lipinski definition) is 9. The Labute approximate surface area is 295 Å². The van der Waals surface area contributed by atoms with Crippen molar-refractivity contribution in [2.75, 3.05) is 72.3 Å². The number of hydrogen-bond donors (Lipinski definition) is 2. The van der Waals surface area contributed by atoms with E-state index in [0.717, 1.165) is 21.0 Å². The number of alkyl halides is 3. The van der Waals surface area contributed by atoms with Crippen LogP contribution in [0.1, 0.15) is 29.0 Å². The Morgan fingerprint density at radius 3 is 2.39 bits per heavy atom. The lowest BCUT2D eigenvalue weighted by Gasteiger charge is -2.39. The number of amides is 3. The normalized spacial score (nSPS) is 16.4. The minimum atomic E-state index is -4.68. The second-order valence-electron chi connectivity index (χ2n) is 12.5. The average Bonchev–Trinajstić information content (AvgIpc) is 3.58. The van der Waals surface area contributed by atoms with Gasteiger partial charge in [-0.2, -0.15) is 30.2 Å². The summed E-state index contributed by atoms with van der Waals surface area (Å²) in [4.78, 5) is 52.0. The number of benzene rings is 1. The number of nitrogens with one attached hydrogen (secondary N) is 2. The number of anilines is 1. The van der Waals surface area contributed by atoms with Gasteiger partial charge in [0.1, 0.15) is 16.4 Å². The van der Waals surface area contributed by atoms with Crippen LogP contribution in [-0.4, -0.2) is 120 Å². The van der Waals surface area contributed by atoms with Crippen LogP contribution in [0.5, 0.6) is 0 Å². The highest BCUT2D eigenvalue weighted by Crippen LogP contribution is 2.39. The molecule has 1 aromatic carbocycles. The molecule has 0 bridgehead atoms. The summed E-state index contributed by atoms with van der Waals surface area (Å²) in [5.74, 6) is -0.451. The van der Waals surface area contributed by atoms with E-state index in [0.29, 0.717) is 36.3 Å². The molecule has 2 N–H and O–H groups in total. The minimum absolute atomic E-state index is 0.0213. The average molecular weight is 748 g/mol. The van der Waals surface area contributed by atoms with E-state index in [9.17, 15) is 36.0 Å². The number of likely N-dealkylation sites (tertiary alicyclic amines) is 1. The molecule has 0 atom stereocenters. The summed E-state index contributed by atoms with van der Waals surface area (Å²) in [7, 11) is 1.15. The summed E-state index contributed by atoms with van der Waals surface area (Å²) in [6.45, 7) is 3.73. The summed E-state index contributed by atoms with van der Waals surface area (Å²) in [5, 5.41) is 6.28. The molecule has 4 aromatic rings. The number of piperazine rings is 1. The molecule has 2 saturated heterocycles. The highest BCUT2D eigenvalue weighted by molar-refractivity contribution is 7.86. The van der Waals surface area contributed by atoms with Crippen LogP contribution in [0.3, 0.4) is 0 Å². The van der Waals surface area contributed by atoms with Crippen LogP contribution in [0.2, 0.25) is 0 Å². The third kappa shape index (κ3) is 7.21. The molecule has 19 heteroatoms. The molecule has 14 nitrogen and oxygen atoms in total. The van der Waals surface area contributed by atoms with Crippen LogP contribution in [0, 0.1) is 0 Å². The van der Waals surface area contributed by atoms with Crippen molar-refractivity contribution >= 4 is 50.2 Å². The summed E-state index contributed by atoms with van der Waals surface area (Å²) < 4.78 is 70.2. The maximum atomic E-state index is 14.2. The third-order valence-electron chi connectivity index (χ3n) is 8.83. The molecule has 0 unspecified atom stereocenters. The van der Waals surface area contributed by atoms with E-state index in [1.54, 1.807) is 31.3 Å². The first-order valence-corrected chi connectivity index (χ1v) is 18.3. The van der Waals surface area contributed by atoms with Crippen molar-refractivity contribution in [3.63, 3.8) is 0 Å². The number of aromatic nitrogens is 3. The SMILES string of the molecule is CCNC(=O)Nc1cc(-c2nc(C(F)(F)F)cs2)c(-c2ccc3c(c2)c(=O)c(C(=O)N2CCN(S(=O)(=O)N(C)C)CC2)cn3C2CN(C)C2)cn1. The van der Waals surface area contributed by atoms with Crippen molar-refractivity contribution in [1.29, 1.82) is 0 Å². The van der Waals surface area contributed by atoms with Crippen molar-refractivity contribution in [3.05, 3.63) is 63.5 Å². The van der Waals surface area contributed by atoms with Crippen LogP contribution < -0.4 is 16.1 Å². The largest absolute Gasteiger partial charge is 0.434 e. The maximum absolute atomic E-state index is 14.2. The number of rotatable bonds is 8. The van der Waals surface area contributed by atoms with Gasteiger partial charge in [0.2, 0.25) is 5.43 Å². The van der Waals surface area contributed by atoms with Crippen LogP contribution in [0.4, 0.5) is 23.8 Å². The summed E-state index contributed by atoms with van der Waals surface area (Å²) in [6, 6.07) is 5.88. The van der Waals surface area contributed by atoms with Crippen molar-refractivity contribution in [1.82, 2.24) is 38.3 Å². The highest BCUT2D eigenvalue weighted by atomic mass is 32.2. The van der Waals surface area contributed by atoms with E-state index in [-0.39, 0.29) is 59.6 Å². The third-order valence-corrected chi connectivity index (χ3v) is 11.6. The summed E-state index contributed by atoms with van der Waals surface area (Å²) in [5.41, 5.74) is -0.0908. The predicted octanol–water partition coefficient (Wildman–Crippen LogP) is 3.40. The molecule has 0 saturated carbocycles. The van der Waals surface area contributed by atoms with E-state index in [4.69, 9.17) is 0 Å². The molecule has 5 heterocycles. The number of fused-ring (bicyclic) bond motifs is 1. The number of nitrogens with zero attached hydrogens (tertiary/aromatic N) is 7. The second-order valence-corrected chi connectivity index (χ2v) is 15.5. The van der Waals surface area contributed by atoms with Gasteiger partial charge in [-0.15, -0.1) is 11.3 Å². The summed E-state index contributed by atoms with van der Waals surface area (Å²) >= 11 is 0.774. The van der Waals surface area contributed by atoms with E-state index in [1.165, 1.54) is 35.6 Å². The van der Waals surface area contributed by atoms with Crippen molar-refractivity contribution in [2.24, 2.45) is 0 Å². The summed E-state index contributed by atoms with van der Waals surface area (Å²) in [6.07, 6.45) is -1.72. The molecular formula is C32H36F3N9O5S2. The first-order chi connectivity index (χ1) is 24.1. The monoisotopic (exact) mass is 747 g/mol. The van der Waals surface area contributed by atoms with Gasteiger partial charge in [0.25, 0.3) is 16.1 Å². The van der Waals surface area contributed by atoms with Gasteiger partial charge in [-0.3, -0.25) is 14.9 Å². The zero-order valence-corrected chi connectivity index (χ0v) is 29.8.